The molecule has 154 valence electrons. The first-order chi connectivity index (χ1) is 14.4. The minimum absolute atomic E-state index is 0.236. The maximum atomic E-state index is 12.4. The standard InChI is InChI=1S/C22H24N6O2/c1-15(23-21(29)19-13-14-20(27-26-19)28(2)3)16-9-11-18(12-10-16)25-22(30)24-17-7-5-4-6-8-17/h4-15H,1-3H3,(H,23,29)(H2,24,25,30). The molecule has 3 aromatic rings. The number of para-hydroxylation sites is 1. The number of hydrogen-bond acceptors (Lipinski definition) is 5. The lowest BCUT2D eigenvalue weighted by molar-refractivity contribution is 0.0934. The van der Waals surface area contributed by atoms with Crippen LogP contribution in [-0.2, 0) is 0 Å². The zero-order valence-electron chi connectivity index (χ0n) is 17.1. The van der Waals surface area contributed by atoms with Crippen molar-refractivity contribution in [3.05, 3.63) is 78.0 Å². The smallest absolute Gasteiger partial charge is 0.323 e. The molecule has 1 heterocycles. The molecule has 1 atom stereocenters. The normalized spacial score (nSPS) is 11.3. The van der Waals surface area contributed by atoms with Crippen molar-refractivity contribution in [2.24, 2.45) is 0 Å². The van der Waals surface area contributed by atoms with Crippen molar-refractivity contribution in [2.75, 3.05) is 29.6 Å². The molecule has 0 saturated heterocycles. The topological polar surface area (TPSA) is 99.2 Å². The molecule has 3 N–H and O–H groups in total. The number of carbonyl (C=O) groups excluding carboxylic acids is 2. The number of aromatic nitrogens is 2. The first-order valence-electron chi connectivity index (χ1n) is 9.47. The molecule has 2 aromatic carbocycles. The van der Waals surface area contributed by atoms with Gasteiger partial charge in [0.05, 0.1) is 6.04 Å². The van der Waals surface area contributed by atoms with Gasteiger partial charge in [0, 0.05) is 25.5 Å². The fourth-order valence-corrected chi connectivity index (χ4v) is 2.71. The highest BCUT2D eigenvalue weighted by Gasteiger charge is 2.14. The summed E-state index contributed by atoms with van der Waals surface area (Å²) in [5.74, 6) is 0.378. The molecule has 0 bridgehead atoms. The number of anilines is 3. The summed E-state index contributed by atoms with van der Waals surface area (Å²) in [6.45, 7) is 1.88. The van der Waals surface area contributed by atoms with Crippen LogP contribution in [-0.4, -0.2) is 36.2 Å². The third-order valence-corrected chi connectivity index (χ3v) is 4.39. The summed E-state index contributed by atoms with van der Waals surface area (Å²) in [7, 11) is 3.71. The van der Waals surface area contributed by atoms with E-state index in [1.165, 1.54) is 0 Å². The second-order valence-electron chi connectivity index (χ2n) is 6.93. The van der Waals surface area contributed by atoms with E-state index in [1.807, 2.05) is 68.4 Å². The van der Waals surface area contributed by atoms with Gasteiger partial charge in [0.25, 0.3) is 5.91 Å². The highest BCUT2D eigenvalue weighted by Crippen LogP contribution is 2.17. The predicted octanol–water partition coefficient (Wildman–Crippen LogP) is 3.68. The van der Waals surface area contributed by atoms with Gasteiger partial charge in [-0.1, -0.05) is 30.3 Å². The van der Waals surface area contributed by atoms with E-state index in [0.717, 1.165) is 5.56 Å². The average molecular weight is 404 g/mol. The van der Waals surface area contributed by atoms with Gasteiger partial charge in [0.1, 0.15) is 0 Å². The van der Waals surface area contributed by atoms with Crippen LogP contribution in [0.2, 0.25) is 0 Å². The van der Waals surface area contributed by atoms with Crippen molar-refractivity contribution in [1.29, 1.82) is 0 Å². The zero-order chi connectivity index (χ0) is 21.5. The zero-order valence-corrected chi connectivity index (χ0v) is 17.1. The van der Waals surface area contributed by atoms with Crippen molar-refractivity contribution in [3.8, 4) is 0 Å². The molecular weight excluding hydrogens is 380 g/mol. The Morgan fingerprint density at radius 2 is 1.47 bits per heavy atom. The van der Waals surface area contributed by atoms with Crippen LogP contribution in [0.3, 0.4) is 0 Å². The lowest BCUT2D eigenvalue weighted by Gasteiger charge is -2.15. The monoisotopic (exact) mass is 404 g/mol. The van der Waals surface area contributed by atoms with Gasteiger partial charge in [-0.2, -0.15) is 0 Å². The quantitative estimate of drug-likeness (QED) is 0.582. The number of nitrogens with zero attached hydrogens (tertiary/aromatic N) is 3. The van der Waals surface area contributed by atoms with Crippen LogP contribution in [0.1, 0.15) is 29.0 Å². The molecule has 0 aliphatic heterocycles. The van der Waals surface area contributed by atoms with Crippen LogP contribution in [0, 0.1) is 0 Å². The highest BCUT2D eigenvalue weighted by molar-refractivity contribution is 5.99. The van der Waals surface area contributed by atoms with Crippen molar-refractivity contribution >= 4 is 29.1 Å². The summed E-state index contributed by atoms with van der Waals surface area (Å²) in [5.41, 5.74) is 2.51. The molecule has 30 heavy (non-hydrogen) atoms. The maximum absolute atomic E-state index is 12.4. The Balaban J connectivity index is 1.55. The van der Waals surface area contributed by atoms with E-state index >= 15 is 0 Å². The van der Waals surface area contributed by atoms with E-state index in [2.05, 4.69) is 26.1 Å². The molecule has 3 amide bonds. The molecule has 0 saturated carbocycles. The first-order valence-corrected chi connectivity index (χ1v) is 9.47. The number of urea groups is 1. The molecule has 0 spiro atoms. The molecule has 0 fully saturated rings. The Bertz CT molecular complexity index is 988. The largest absolute Gasteiger partial charge is 0.361 e. The highest BCUT2D eigenvalue weighted by atomic mass is 16.2. The van der Waals surface area contributed by atoms with Gasteiger partial charge in [0.2, 0.25) is 0 Å². The number of carbonyl (C=O) groups is 2. The van der Waals surface area contributed by atoms with Crippen LogP contribution in [0.4, 0.5) is 22.0 Å². The van der Waals surface area contributed by atoms with Crippen molar-refractivity contribution in [2.45, 2.75) is 13.0 Å². The molecular formula is C22H24N6O2. The Morgan fingerprint density at radius 1 is 0.833 bits per heavy atom. The van der Waals surface area contributed by atoms with Crippen LogP contribution >= 0.6 is 0 Å². The van der Waals surface area contributed by atoms with E-state index < -0.39 is 0 Å². The van der Waals surface area contributed by atoms with Crippen LogP contribution in [0.25, 0.3) is 0 Å². The fraction of sp³-hybridized carbons (Fsp3) is 0.182. The minimum Gasteiger partial charge on any atom is -0.361 e. The lowest BCUT2D eigenvalue weighted by Crippen LogP contribution is -2.28. The van der Waals surface area contributed by atoms with Gasteiger partial charge in [0.15, 0.2) is 11.5 Å². The summed E-state index contributed by atoms with van der Waals surface area (Å²) < 4.78 is 0. The van der Waals surface area contributed by atoms with Gasteiger partial charge in [-0.3, -0.25) is 4.79 Å². The molecule has 0 aliphatic carbocycles. The van der Waals surface area contributed by atoms with Crippen molar-refractivity contribution < 1.29 is 9.59 Å². The van der Waals surface area contributed by atoms with Crippen LogP contribution in [0.15, 0.2) is 66.7 Å². The second-order valence-corrected chi connectivity index (χ2v) is 6.93. The Morgan fingerprint density at radius 3 is 2.03 bits per heavy atom. The molecule has 8 heteroatoms. The number of hydrogen-bond donors (Lipinski definition) is 3. The van der Waals surface area contributed by atoms with Gasteiger partial charge >= 0.3 is 6.03 Å². The summed E-state index contributed by atoms with van der Waals surface area (Å²) in [6, 6.07) is 19.3. The molecule has 1 aromatic heterocycles. The predicted molar refractivity (Wildman–Crippen MR) is 118 cm³/mol. The Hall–Kier alpha value is -3.94. The molecule has 1 unspecified atom stereocenters. The van der Waals surface area contributed by atoms with Crippen molar-refractivity contribution in [3.63, 3.8) is 0 Å². The first kappa shape index (κ1) is 20.8. The average Bonchev–Trinajstić information content (AvgIpc) is 2.75. The van der Waals surface area contributed by atoms with Gasteiger partial charge < -0.3 is 20.9 Å². The SMILES string of the molecule is CC(NC(=O)c1ccc(N(C)C)nn1)c1ccc(NC(=O)Nc2ccccc2)cc1. The van der Waals surface area contributed by atoms with E-state index in [0.29, 0.717) is 17.2 Å². The second kappa shape index (κ2) is 9.51. The molecule has 0 radical (unpaired) electrons. The summed E-state index contributed by atoms with van der Waals surface area (Å²) >= 11 is 0. The molecule has 3 rings (SSSR count). The van der Waals surface area contributed by atoms with E-state index in [9.17, 15) is 9.59 Å². The summed E-state index contributed by atoms with van der Waals surface area (Å²) in [4.78, 5) is 26.3. The van der Waals surface area contributed by atoms with Crippen molar-refractivity contribution in [1.82, 2.24) is 15.5 Å². The van der Waals surface area contributed by atoms with E-state index in [4.69, 9.17) is 0 Å². The fourth-order valence-electron chi connectivity index (χ4n) is 2.71. The third kappa shape index (κ3) is 5.54. The third-order valence-electron chi connectivity index (χ3n) is 4.39. The Kier molecular flexibility index (Phi) is 6.59. The Labute approximate surface area is 175 Å². The number of nitrogens with one attached hydrogen (secondary N) is 3. The number of benzene rings is 2. The van der Waals surface area contributed by atoms with Gasteiger partial charge in [-0.05, 0) is 48.9 Å². The van der Waals surface area contributed by atoms with Crippen LogP contribution in [0.5, 0.6) is 0 Å². The number of rotatable bonds is 6. The summed E-state index contributed by atoms with van der Waals surface area (Å²) in [6.07, 6.45) is 0. The molecule has 0 aliphatic rings. The summed E-state index contributed by atoms with van der Waals surface area (Å²) in [5, 5.41) is 16.4. The minimum atomic E-state index is -0.324. The van der Waals surface area contributed by atoms with Crippen LogP contribution < -0.4 is 20.9 Å². The number of amides is 3. The van der Waals surface area contributed by atoms with E-state index in [1.54, 1.807) is 24.3 Å². The molecule has 8 nitrogen and oxygen atoms in total. The van der Waals surface area contributed by atoms with Gasteiger partial charge in [-0.25, -0.2) is 4.79 Å². The maximum Gasteiger partial charge on any atom is 0.323 e. The lowest BCUT2D eigenvalue weighted by atomic mass is 10.1. The van der Waals surface area contributed by atoms with E-state index in [-0.39, 0.29) is 23.7 Å². The van der Waals surface area contributed by atoms with Gasteiger partial charge in [-0.15, -0.1) is 10.2 Å².